The highest BCUT2D eigenvalue weighted by atomic mass is 16.7. The Labute approximate surface area is 163 Å². The predicted molar refractivity (Wildman–Crippen MR) is 107 cm³/mol. The lowest BCUT2D eigenvalue weighted by Gasteiger charge is -2.12. The molecule has 142 valence electrons. The van der Waals surface area contributed by atoms with Gasteiger partial charge >= 0.3 is 0 Å². The highest BCUT2D eigenvalue weighted by Gasteiger charge is 2.13. The zero-order valence-corrected chi connectivity index (χ0v) is 15.2. The van der Waals surface area contributed by atoms with E-state index in [0.717, 1.165) is 11.4 Å². The lowest BCUT2D eigenvalue weighted by atomic mass is 10.2. The summed E-state index contributed by atoms with van der Waals surface area (Å²) in [5.41, 5.74) is 1.52. The van der Waals surface area contributed by atoms with Crippen LogP contribution in [-0.2, 0) is 4.79 Å². The Morgan fingerprint density at radius 3 is 2.61 bits per heavy atom. The number of amides is 1. The Morgan fingerprint density at radius 1 is 0.929 bits per heavy atom. The lowest BCUT2D eigenvalue weighted by Crippen LogP contribution is -2.16. The fraction of sp³-hybridized carbons (Fsp3) is 0.136. The van der Waals surface area contributed by atoms with E-state index < -0.39 is 0 Å². The van der Waals surface area contributed by atoms with Gasteiger partial charge in [-0.15, -0.1) is 0 Å². The number of rotatable bonds is 7. The van der Waals surface area contributed by atoms with Gasteiger partial charge in [0.15, 0.2) is 17.2 Å². The van der Waals surface area contributed by atoms with Gasteiger partial charge in [0, 0.05) is 24.7 Å². The highest BCUT2D eigenvalue weighted by molar-refractivity contribution is 5.92. The molecule has 0 atom stereocenters. The molecule has 0 radical (unpaired) electrons. The van der Waals surface area contributed by atoms with Crippen LogP contribution in [0.3, 0.4) is 0 Å². The van der Waals surface area contributed by atoms with Crippen molar-refractivity contribution < 1.29 is 19.0 Å². The largest absolute Gasteiger partial charge is 0.455 e. The molecule has 0 unspecified atom stereocenters. The summed E-state index contributed by atoms with van der Waals surface area (Å²) in [6.45, 7) is 0.735. The first-order valence-electron chi connectivity index (χ1n) is 9.03. The van der Waals surface area contributed by atoms with Crippen LogP contribution in [0.1, 0.15) is 6.42 Å². The minimum atomic E-state index is -0.0997. The smallest absolute Gasteiger partial charge is 0.231 e. The van der Waals surface area contributed by atoms with E-state index >= 15 is 0 Å². The molecule has 3 aromatic rings. The lowest BCUT2D eigenvalue weighted by molar-refractivity contribution is -0.116. The van der Waals surface area contributed by atoms with E-state index in [1.54, 1.807) is 0 Å². The SMILES string of the molecule is O=C(CCNc1ccc2c(c1)OCO2)Nc1ccccc1Oc1ccccc1. The topological polar surface area (TPSA) is 68.8 Å². The van der Waals surface area contributed by atoms with Crippen molar-refractivity contribution in [1.82, 2.24) is 0 Å². The normalized spacial score (nSPS) is 11.7. The molecule has 4 rings (SSSR count). The van der Waals surface area contributed by atoms with E-state index in [4.69, 9.17) is 14.2 Å². The third kappa shape index (κ3) is 4.35. The van der Waals surface area contributed by atoms with E-state index in [2.05, 4.69) is 10.6 Å². The van der Waals surface area contributed by atoms with Crippen molar-refractivity contribution in [1.29, 1.82) is 0 Å². The molecule has 0 spiro atoms. The second-order valence-corrected chi connectivity index (χ2v) is 6.20. The van der Waals surface area contributed by atoms with Crippen LogP contribution < -0.4 is 24.8 Å². The van der Waals surface area contributed by atoms with Crippen LogP contribution in [-0.4, -0.2) is 19.2 Å². The highest BCUT2D eigenvalue weighted by Crippen LogP contribution is 2.34. The second-order valence-electron chi connectivity index (χ2n) is 6.20. The van der Waals surface area contributed by atoms with Gasteiger partial charge in [-0.3, -0.25) is 4.79 Å². The number of fused-ring (bicyclic) bond motifs is 1. The molecule has 6 heteroatoms. The zero-order chi connectivity index (χ0) is 19.2. The van der Waals surface area contributed by atoms with Gasteiger partial charge < -0.3 is 24.8 Å². The standard InChI is InChI=1S/C22H20N2O4/c25-22(12-13-23-16-10-11-20-21(14-16)27-15-26-20)24-18-8-4-5-9-19(18)28-17-6-2-1-3-7-17/h1-11,14,23H,12-13,15H2,(H,24,25). The van der Waals surface area contributed by atoms with Gasteiger partial charge in [-0.25, -0.2) is 0 Å². The third-order valence-electron chi connectivity index (χ3n) is 4.19. The molecule has 0 saturated heterocycles. The van der Waals surface area contributed by atoms with Gasteiger partial charge in [0.1, 0.15) is 5.75 Å². The first-order valence-corrected chi connectivity index (χ1v) is 9.03. The van der Waals surface area contributed by atoms with Crippen molar-refractivity contribution >= 4 is 17.3 Å². The Balaban J connectivity index is 1.31. The van der Waals surface area contributed by atoms with Crippen molar-refractivity contribution in [3.8, 4) is 23.0 Å². The molecule has 1 aliphatic heterocycles. The molecule has 0 aliphatic carbocycles. The monoisotopic (exact) mass is 376 g/mol. The first kappa shape index (κ1) is 17.7. The average molecular weight is 376 g/mol. The third-order valence-corrected chi connectivity index (χ3v) is 4.19. The number of para-hydroxylation sites is 3. The minimum Gasteiger partial charge on any atom is -0.455 e. The van der Waals surface area contributed by atoms with Gasteiger partial charge in [-0.2, -0.15) is 0 Å². The van der Waals surface area contributed by atoms with Crippen molar-refractivity contribution in [3.63, 3.8) is 0 Å². The van der Waals surface area contributed by atoms with E-state index in [1.165, 1.54) is 0 Å². The number of benzene rings is 3. The van der Waals surface area contributed by atoms with Gasteiger partial charge in [-0.05, 0) is 36.4 Å². The molecular formula is C22H20N2O4. The number of hydrogen-bond acceptors (Lipinski definition) is 5. The van der Waals surface area contributed by atoms with Crippen LogP contribution in [0.4, 0.5) is 11.4 Å². The van der Waals surface area contributed by atoms with Gasteiger partial charge in [-0.1, -0.05) is 30.3 Å². The molecule has 1 aliphatic rings. The minimum absolute atomic E-state index is 0.0997. The summed E-state index contributed by atoms with van der Waals surface area (Å²) in [7, 11) is 0. The maximum atomic E-state index is 12.3. The van der Waals surface area contributed by atoms with Crippen LogP contribution in [0.5, 0.6) is 23.0 Å². The predicted octanol–water partition coefficient (Wildman–Crippen LogP) is 4.65. The summed E-state index contributed by atoms with van der Waals surface area (Å²) >= 11 is 0. The van der Waals surface area contributed by atoms with Crippen LogP contribution >= 0.6 is 0 Å². The van der Waals surface area contributed by atoms with Crippen LogP contribution in [0.2, 0.25) is 0 Å². The molecule has 1 heterocycles. The number of nitrogens with one attached hydrogen (secondary N) is 2. The molecule has 0 saturated carbocycles. The summed E-state index contributed by atoms with van der Waals surface area (Å²) in [6.07, 6.45) is 0.314. The Kier molecular flexibility index (Phi) is 5.29. The quantitative estimate of drug-likeness (QED) is 0.628. The van der Waals surface area contributed by atoms with Crippen LogP contribution in [0, 0.1) is 0 Å². The molecule has 0 fully saturated rings. The van der Waals surface area contributed by atoms with E-state index in [0.29, 0.717) is 35.9 Å². The van der Waals surface area contributed by atoms with Gasteiger partial charge in [0.05, 0.1) is 5.69 Å². The average Bonchev–Trinajstić information content (AvgIpc) is 3.18. The van der Waals surface area contributed by atoms with Crippen molar-refractivity contribution in [2.24, 2.45) is 0 Å². The van der Waals surface area contributed by atoms with E-state index in [9.17, 15) is 4.79 Å². The molecule has 0 bridgehead atoms. The number of ether oxygens (including phenoxy) is 3. The van der Waals surface area contributed by atoms with Gasteiger partial charge in [0.25, 0.3) is 0 Å². The van der Waals surface area contributed by atoms with Crippen molar-refractivity contribution in [3.05, 3.63) is 72.8 Å². The Hall–Kier alpha value is -3.67. The van der Waals surface area contributed by atoms with Crippen LogP contribution in [0.15, 0.2) is 72.8 Å². The molecule has 3 aromatic carbocycles. The number of hydrogen-bond donors (Lipinski definition) is 2. The maximum Gasteiger partial charge on any atom is 0.231 e. The summed E-state index contributed by atoms with van der Waals surface area (Å²) in [5.74, 6) is 2.66. The van der Waals surface area contributed by atoms with E-state index in [1.807, 2.05) is 72.8 Å². The fourth-order valence-corrected chi connectivity index (χ4v) is 2.81. The molecule has 2 N–H and O–H groups in total. The van der Waals surface area contributed by atoms with Crippen molar-refractivity contribution in [2.75, 3.05) is 24.0 Å². The number of anilines is 2. The summed E-state index contributed by atoms with van der Waals surface area (Å²) in [6, 6.07) is 22.5. The fourth-order valence-electron chi connectivity index (χ4n) is 2.81. The summed E-state index contributed by atoms with van der Waals surface area (Å²) in [5, 5.41) is 6.13. The van der Waals surface area contributed by atoms with Crippen LogP contribution in [0.25, 0.3) is 0 Å². The molecule has 6 nitrogen and oxygen atoms in total. The zero-order valence-electron chi connectivity index (χ0n) is 15.2. The number of carbonyl (C=O) groups is 1. The Morgan fingerprint density at radius 2 is 1.71 bits per heavy atom. The van der Waals surface area contributed by atoms with Gasteiger partial charge in [0.2, 0.25) is 12.7 Å². The molecule has 28 heavy (non-hydrogen) atoms. The first-order chi connectivity index (χ1) is 13.8. The maximum absolute atomic E-state index is 12.3. The second kappa shape index (κ2) is 8.35. The summed E-state index contributed by atoms with van der Waals surface area (Å²) < 4.78 is 16.5. The molecule has 1 amide bonds. The van der Waals surface area contributed by atoms with E-state index in [-0.39, 0.29) is 12.7 Å². The number of carbonyl (C=O) groups excluding carboxylic acids is 1. The summed E-state index contributed by atoms with van der Waals surface area (Å²) in [4.78, 5) is 12.3. The molecular weight excluding hydrogens is 356 g/mol. The van der Waals surface area contributed by atoms with Crippen molar-refractivity contribution in [2.45, 2.75) is 6.42 Å². The molecule has 0 aromatic heterocycles. The Bertz CT molecular complexity index is 960.